The Morgan fingerprint density at radius 2 is 0.925 bits per heavy atom. The lowest BCUT2D eigenvalue weighted by atomic mass is 9.75. The quantitative estimate of drug-likeness (QED) is 0.174. The fraction of sp³-hybridized carbons (Fsp3) is 0.0600. The highest BCUT2D eigenvalue weighted by molar-refractivity contribution is 6.12. The average Bonchev–Trinajstić information content (AvgIpc) is 3.56. The molecule has 0 amide bonds. The maximum absolute atomic E-state index is 4.92. The normalized spacial score (nSPS) is 12.9. The molecule has 1 aliphatic heterocycles. The molecule has 3 heteroatoms. The zero-order chi connectivity index (χ0) is 35.5. The van der Waals surface area contributed by atoms with Gasteiger partial charge in [0.05, 0.1) is 11.0 Å². The number of fused-ring (bicyclic) bond motifs is 5. The van der Waals surface area contributed by atoms with Crippen molar-refractivity contribution in [3.05, 3.63) is 199 Å². The van der Waals surface area contributed by atoms with E-state index in [4.69, 9.17) is 4.98 Å². The molecule has 3 nitrogen and oxygen atoms in total. The number of aromatic nitrogens is 2. The lowest BCUT2D eigenvalue weighted by Gasteiger charge is -2.34. The van der Waals surface area contributed by atoms with Crippen molar-refractivity contribution in [2.24, 2.45) is 0 Å². The van der Waals surface area contributed by atoms with E-state index >= 15 is 0 Å². The molecule has 0 atom stereocenters. The SMILES string of the molecule is CC1(C)c2cccnc2-n2c3ccccc3c3cc(-c4ccc(N(c5ccc(-c6ccccc6)cc5)c5ccc(-c6ccccc6)cc5)cc4)cc1c32. The number of hydrogen-bond acceptors (Lipinski definition) is 2. The van der Waals surface area contributed by atoms with E-state index in [0.29, 0.717) is 0 Å². The van der Waals surface area contributed by atoms with E-state index in [-0.39, 0.29) is 5.41 Å². The van der Waals surface area contributed by atoms with Gasteiger partial charge in [-0.3, -0.25) is 4.57 Å². The molecule has 0 N–H and O–H groups in total. The lowest BCUT2D eigenvalue weighted by molar-refractivity contribution is 0.624. The molecular weight excluding hydrogens is 643 g/mol. The molecule has 53 heavy (non-hydrogen) atoms. The van der Waals surface area contributed by atoms with Crippen molar-refractivity contribution in [3.63, 3.8) is 0 Å². The van der Waals surface area contributed by atoms with Gasteiger partial charge >= 0.3 is 0 Å². The molecule has 7 aromatic carbocycles. The van der Waals surface area contributed by atoms with Crippen molar-refractivity contribution in [1.29, 1.82) is 0 Å². The predicted molar refractivity (Wildman–Crippen MR) is 222 cm³/mol. The van der Waals surface area contributed by atoms with E-state index in [1.807, 2.05) is 6.20 Å². The van der Waals surface area contributed by atoms with E-state index in [0.717, 1.165) is 22.9 Å². The highest BCUT2D eigenvalue weighted by atomic mass is 15.1. The molecule has 1 aliphatic rings. The van der Waals surface area contributed by atoms with Crippen molar-refractivity contribution in [2.45, 2.75) is 19.3 Å². The highest BCUT2D eigenvalue weighted by Gasteiger charge is 2.36. The number of rotatable bonds is 6. The number of para-hydroxylation sites is 1. The molecule has 10 rings (SSSR count). The highest BCUT2D eigenvalue weighted by Crippen LogP contribution is 2.48. The molecule has 3 heterocycles. The van der Waals surface area contributed by atoms with Crippen LogP contribution in [-0.4, -0.2) is 9.55 Å². The Morgan fingerprint density at radius 1 is 0.434 bits per heavy atom. The topological polar surface area (TPSA) is 21.1 Å². The number of benzene rings is 7. The standard InChI is InChI=1S/C50H37N3/c1-50(2)45-17-11-31-51-49(45)53-47-18-10-9-16-43(47)44-32-39(33-46(50)48(44)53)38-23-29-42(30-24-38)52(40-25-19-36(20-26-40)34-12-5-3-6-13-34)41-27-21-37(22-28-41)35-14-7-4-8-15-35/h3-33H,1-2H3. The van der Waals surface area contributed by atoms with Gasteiger partial charge in [0.25, 0.3) is 0 Å². The Labute approximate surface area is 310 Å². The minimum atomic E-state index is -0.212. The van der Waals surface area contributed by atoms with Crippen molar-refractivity contribution in [3.8, 4) is 39.2 Å². The summed E-state index contributed by atoms with van der Waals surface area (Å²) >= 11 is 0. The van der Waals surface area contributed by atoms with Crippen LogP contribution in [0.4, 0.5) is 17.1 Å². The van der Waals surface area contributed by atoms with Crippen molar-refractivity contribution < 1.29 is 0 Å². The molecule has 9 aromatic rings. The average molecular weight is 680 g/mol. The third-order valence-corrected chi connectivity index (χ3v) is 11.0. The van der Waals surface area contributed by atoms with Crippen LogP contribution in [0, 0.1) is 0 Å². The van der Waals surface area contributed by atoms with Gasteiger partial charge < -0.3 is 4.90 Å². The van der Waals surface area contributed by atoms with Crippen LogP contribution in [0.25, 0.3) is 61.0 Å². The molecule has 0 spiro atoms. The summed E-state index contributed by atoms with van der Waals surface area (Å²) in [6, 6.07) is 65.8. The molecule has 0 bridgehead atoms. The van der Waals surface area contributed by atoms with E-state index in [9.17, 15) is 0 Å². The van der Waals surface area contributed by atoms with Gasteiger partial charge in [0.1, 0.15) is 5.82 Å². The van der Waals surface area contributed by atoms with Crippen molar-refractivity contribution in [1.82, 2.24) is 9.55 Å². The van der Waals surface area contributed by atoms with Crippen LogP contribution in [0.15, 0.2) is 188 Å². The molecule has 2 aromatic heterocycles. The Hall–Kier alpha value is -6.71. The second kappa shape index (κ2) is 12.2. The Bertz CT molecular complexity index is 2680. The van der Waals surface area contributed by atoms with Crippen LogP contribution in [-0.2, 0) is 5.41 Å². The van der Waals surface area contributed by atoms with E-state index < -0.39 is 0 Å². The first-order valence-electron chi connectivity index (χ1n) is 18.3. The first kappa shape index (κ1) is 31.1. The third kappa shape index (κ3) is 5.08. The van der Waals surface area contributed by atoms with Crippen LogP contribution in [0.2, 0.25) is 0 Å². The summed E-state index contributed by atoms with van der Waals surface area (Å²) in [6.07, 6.45) is 1.91. The van der Waals surface area contributed by atoms with Gasteiger partial charge in [0, 0.05) is 45.0 Å². The largest absolute Gasteiger partial charge is 0.311 e. The lowest BCUT2D eigenvalue weighted by Crippen LogP contribution is -2.27. The van der Waals surface area contributed by atoms with Gasteiger partial charge in [0.15, 0.2) is 0 Å². The van der Waals surface area contributed by atoms with Crippen molar-refractivity contribution in [2.75, 3.05) is 4.90 Å². The maximum atomic E-state index is 4.92. The Morgan fingerprint density at radius 3 is 1.49 bits per heavy atom. The van der Waals surface area contributed by atoms with Gasteiger partial charge in [-0.1, -0.05) is 135 Å². The van der Waals surface area contributed by atoms with Crippen LogP contribution in [0.3, 0.4) is 0 Å². The first-order chi connectivity index (χ1) is 26.0. The minimum absolute atomic E-state index is 0.212. The Balaban J connectivity index is 1.08. The summed E-state index contributed by atoms with van der Waals surface area (Å²) in [5.41, 5.74) is 15.4. The van der Waals surface area contributed by atoms with Gasteiger partial charge in [0.2, 0.25) is 0 Å². The van der Waals surface area contributed by atoms with Gasteiger partial charge in [-0.2, -0.15) is 0 Å². The fourth-order valence-electron chi connectivity index (χ4n) is 8.29. The summed E-state index contributed by atoms with van der Waals surface area (Å²) in [6.45, 7) is 4.67. The van der Waals surface area contributed by atoms with Crippen LogP contribution < -0.4 is 4.90 Å². The molecule has 0 fully saturated rings. The number of pyridine rings is 1. The minimum Gasteiger partial charge on any atom is -0.311 e. The zero-order valence-electron chi connectivity index (χ0n) is 29.7. The number of anilines is 3. The first-order valence-corrected chi connectivity index (χ1v) is 18.3. The van der Waals surface area contributed by atoms with E-state index in [1.165, 1.54) is 66.3 Å². The summed E-state index contributed by atoms with van der Waals surface area (Å²) < 4.78 is 2.37. The fourth-order valence-corrected chi connectivity index (χ4v) is 8.29. The Kier molecular flexibility index (Phi) is 7.16. The molecule has 0 unspecified atom stereocenters. The molecule has 0 saturated heterocycles. The van der Waals surface area contributed by atoms with Gasteiger partial charge in [-0.15, -0.1) is 0 Å². The van der Waals surface area contributed by atoms with E-state index in [1.54, 1.807) is 0 Å². The monoisotopic (exact) mass is 679 g/mol. The van der Waals surface area contributed by atoms with Gasteiger partial charge in [-0.25, -0.2) is 4.98 Å². The third-order valence-electron chi connectivity index (χ3n) is 11.0. The summed E-state index contributed by atoms with van der Waals surface area (Å²) in [7, 11) is 0. The molecule has 0 aliphatic carbocycles. The molecule has 252 valence electrons. The molecule has 0 radical (unpaired) electrons. The second-order valence-corrected chi connectivity index (χ2v) is 14.5. The van der Waals surface area contributed by atoms with Crippen molar-refractivity contribution >= 4 is 38.9 Å². The summed E-state index contributed by atoms with van der Waals surface area (Å²) in [5, 5.41) is 2.51. The molecular formula is C50H37N3. The zero-order valence-corrected chi connectivity index (χ0v) is 29.7. The van der Waals surface area contributed by atoms with E-state index in [2.05, 4.69) is 205 Å². The van der Waals surface area contributed by atoms with Crippen LogP contribution in [0.5, 0.6) is 0 Å². The predicted octanol–water partition coefficient (Wildman–Crippen LogP) is 13.3. The van der Waals surface area contributed by atoms with Crippen LogP contribution in [0.1, 0.15) is 25.0 Å². The maximum Gasteiger partial charge on any atom is 0.141 e. The second-order valence-electron chi connectivity index (χ2n) is 14.5. The smallest absolute Gasteiger partial charge is 0.141 e. The number of nitrogens with zero attached hydrogens (tertiary/aromatic N) is 3. The van der Waals surface area contributed by atoms with Crippen LogP contribution >= 0.6 is 0 Å². The van der Waals surface area contributed by atoms with Gasteiger partial charge in [-0.05, 0) is 99.6 Å². The summed E-state index contributed by atoms with van der Waals surface area (Å²) in [5.74, 6) is 1.03. The number of hydrogen-bond donors (Lipinski definition) is 0. The summed E-state index contributed by atoms with van der Waals surface area (Å²) in [4.78, 5) is 7.26. The molecule has 0 saturated carbocycles.